The molecule has 0 N–H and O–H groups in total. The van der Waals surface area contributed by atoms with Crippen molar-refractivity contribution in [3.05, 3.63) is 18.2 Å². The van der Waals surface area contributed by atoms with Gasteiger partial charge >= 0.3 is 0 Å². The van der Waals surface area contributed by atoms with E-state index in [1.54, 1.807) is 11.8 Å². The Morgan fingerprint density at radius 2 is 1.85 bits per heavy atom. The van der Waals surface area contributed by atoms with Gasteiger partial charge in [0, 0.05) is 18.7 Å². The maximum atomic E-state index is 5.60. The Labute approximate surface area is 82.2 Å². The van der Waals surface area contributed by atoms with Gasteiger partial charge in [-0.25, -0.2) is 0 Å². The fourth-order valence-electron chi connectivity index (χ4n) is 1.33. The zero-order chi connectivity index (χ0) is 9.47. The summed E-state index contributed by atoms with van der Waals surface area (Å²) < 4.78 is 11.2. The van der Waals surface area contributed by atoms with E-state index in [1.165, 1.54) is 4.90 Å². The number of benzene rings is 1. The number of hydrogen-bond donors (Lipinski definition) is 0. The molecule has 1 aliphatic heterocycles. The summed E-state index contributed by atoms with van der Waals surface area (Å²) in [5.74, 6) is 1.17. The molecule has 0 fully saturated rings. The quantitative estimate of drug-likeness (QED) is 0.643. The summed E-state index contributed by atoms with van der Waals surface area (Å²) >= 11 is 1.70. The second kappa shape index (κ2) is 2.84. The SMILES string of the molecule is CSc1ccc2c(c1)OC(C)(C)O2. The minimum atomic E-state index is -0.515. The molecule has 1 heterocycles. The Morgan fingerprint density at radius 1 is 1.15 bits per heavy atom. The first-order chi connectivity index (χ1) is 6.11. The monoisotopic (exact) mass is 196 g/mol. The van der Waals surface area contributed by atoms with E-state index >= 15 is 0 Å². The minimum absolute atomic E-state index is 0.515. The Balaban J connectivity index is 2.36. The van der Waals surface area contributed by atoms with Gasteiger partial charge in [-0.1, -0.05) is 0 Å². The maximum absolute atomic E-state index is 5.60. The smallest absolute Gasteiger partial charge is 0.246 e. The predicted molar refractivity (Wildman–Crippen MR) is 53.6 cm³/mol. The summed E-state index contributed by atoms with van der Waals surface area (Å²) in [4.78, 5) is 1.19. The van der Waals surface area contributed by atoms with E-state index in [0.717, 1.165) is 11.5 Å². The third-order valence-corrected chi connectivity index (χ3v) is 2.59. The van der Waals surface area contributed by atoms with Gasteiger partial charge in [0.1, 0.15) is 0 Å². The number of hydrogen-bond acceptors (Lipinski definition) is 3. The van der Waals surface area contributed by atoms with Gasteiger partial charge in [0.05, 0.1) is 0 Å². The molecule has 2 rings (SSSR count). The maximum Gasteiger partial charge on any atom is 0.246 e. The average molecular weight is 196 g/mol. The Bertz CT molecular complexity index is 334. The minimum Gasteiger partial charge on any atom is -0.449 e. The fraction of sp³-hybridized carbons (Fsp3) is 0.400. The van der Waals surface area contributed by atoms with Gasteiger partial charge in [0.2, 0.25) is 5.79 Å². The Kier molecular flexibility index (Phi) is 1.91. The predicted octanol–water partition coefficient (Wildman–Crippen LogP) is 2.92. The number of thioether (sulfide) groups is 1. The number of fused-ring (bicyclic) bond motifs is 1. The lowest BCUT2D eigenvalue weighted by atomic mass is 10.3. The molecule has 2 nitrogen and oxygen atoms in total. The van der Waals surface area contributed by atoms with Crippen molar-refractivity contribution in [1.82, 2.24) is 0 Å². The van der Waals surface area contributed by atoms with Gasteiger partial charge < -0.3 is 9.47 Å². The van der Waals surface area contributed by atoms with Gasteiger partial charge in [-0.3, -0.25) is 0 Å². The molecule has 0 bridgehead atoms. The van der Waals surface area contributed by atoms with Crippen LogP contribution >= 0.6 is 11.8 Å². The van der Waals surface area contributed by atoms with Crippen molar-refractivity contribution in [1.29, 1.82) is 0 Å². The first-order valence-electron chi connectivity index (χ1n) is 4.17. The van der Waals surface area contributed by atoms with Crippen LogP contribution in [0.3, 0.4) is 0 Å². The van der Waals surface area contributed by atoms with Crippen molar-refractivity contribution in [2.75, 3.05) is 6.26 Å². The van der Waals surface area contributed by atoms with Crippen LogP contribution in [0.1, 0.15) is 13.8 Å². The van der Waals surface area contributed by atoms with Crippen LogP contribution in [-0.4, -0.2) is 12.0 Å². The molecule has 0 unspecified atom stereocenters. The first-order valence-corrected chi connectivity index (χ1v) is 5.39. The van der Waals surface area contributed by atoms with Gasteiger partial charge in [-0.2, -0.15) is 0 Å². The van der Waals surface area contributed by atoms with Crippen LogP contribution in [0.25, 0.3) is 0 Å². The molecule has 0 aromatic heterocycles. The highest BCUT2D eigenvalue weighted by molar-refractivity contribution is 7.98. The number of ether oxygens (including phenoxy) is 2. The third kappa shape index (κ3) is 1.61. The molecule has 13 heavy (non-hydrogen) atoms. The number of rotatable bonds is 1. The highest BCUT2D eigenvalue weighted by Crippen LogP contribution is 2.40. The molecule has 0 atom stereocenters. The van der Waals surface area contributed by atoms with Crippen LogP contribution in [0.4, 0.5) is 0 Å². The van der Waals surface area contributed by atoms with E-state index in [9.17, 15) is 0 Å². The molecule has 1 aromatic rings. The molecule has 3 heteroatoms. The molecule has 70 valence electrons. The summed E-state index contributed by atoms with van der Waals surface area (Å²) in [6.07, 6.45) is 2.04. The van der Waals surface area contributed by atoms with E-state index in [1.807, 2.05) is 38.3 Å². The zero-order valence-electron chi connectivity index (χ0n) is 7.96. The molecule has 1 aromatic carbocycles. The molecule has 1 aliphatic rings. The lowest BCUT2D eigenvalue weighted by Gasteiger charge is -2.16. The molecule has 0 saturated carbocycles. The molecule has 0 aliphatic carbocycles. The molecule has 0 saturated heterocycles. The van der Waals surface area contributed by atoms with Crippen molar-refractivity contribution in [2.45, 2.75) is 24.5 Å². The zero-order valence-corrected chi connectivity index (χ0v) is 8.77. The summed E-state index contributed by atoms with van der Waals surface area (Å²) in [6, 6.07) is 6.00. The van der Waals surface area contributed by atoms with E-state index in [2.05, 4.69) is 0 Å². The fourth-order valence-corrected chi connectivity index (χ4v) is 1.76. The van der Waals surface area contributed by atoms with Crippen molar-refractivity contribution >= 4 is 11.8 Å². The summed E-state index contributed by atoms with van der Waals surface area (Å²) in [5.41, 5.74) is 0. The molecular weight excluding hydrogens is 184 g/mol. The van der Waals surface area contributed by atoms with Crippen molar-refractivity contribution in [3.8, 4) is 11.5 Å². The van der Waals surface area contributed by atoms with Crippen LogP contribution in [0.2, 0.25) is 0 Å². The normalized spacial score (nSPS) is 17.5. The summed E-state index contributed by atoms with van der Waals surface area (Å²) in [6.45, 7) is 3.82. The van der Waals surface area contributed by atoms with Gasteiger partial charge in [0.15, 0.2) is 11.5 Å². The lowest BCUT2D eigenvalue weighted by molar-refractivity contribution is -0.0431. The van der Waals surface area contributed by atoms with Crippen LogP contribution in [-0.2, 0) is 0 Å². The van der Waals surface area contributed by atoms with Gasteiger partial charge in [-0.05, 0) is 24.5 Å². The highest BCUT2D eigenvalue weighted by Gasteiger charge is 2.31. The second-order valence-electron chi connectivity index (χ2n) is 3.42. The van der Waals surface area contributed by atoms with E-state index in [4.69, 9.17) is 9.47 Å². The van der Waals surface area contributed by atoms with Crippen LogP contribution in [0.5, 0.6) is 11.5 Å². The molecule has 0 spiro atoms. The van der Waals surface area contributed by atoms with Crippen molar-refractivity contribution < 1.29 is 9.47 Å². The van der Waals surface area contributed by atoms with Crippen LogP contribution in [0, 0.1) is 0 Å². The molecular formula is C10H12O2S. The van der Waals surface area contributed by atoms with Crippen molar-refractivity contribution in [2.24, 2.45) is 0 Å². The third-order valence-electron chi connectivity index (χ3n) is 1.86. The standard InChI is InChI=1S/C10H12O2S/c1-10(2)11-8-5-4-7(13-3)6-9(8)12-10/h4-6H,1-3H3. The largest absolute Gasteiger partial charge is 0.449 e. The highest BCUT2D eigenvalue weighted by atomic mass is 32.2. The first kappa shape index (κ1) is 8.75. The molecule has 0 amide bonds. The van der Waals surface area contributed by atoms with E-state index in [-0.39, 0.29) is 0 Å². The lowest BCUT2D eigenvalue weighted by Crippen LogP contribution is -2.29. The summed E-state index contributed by atoms with van der Waals surface area (Å²) in [5, 5.41) is 0. The van der Waals surface area contributed by atoms with Gasteiger partial charge in [0.25, 0.3) is 0 Å². The topological polar surface area (TPSA) is 18.5 Å². The van der Waals surface area contributed by atoms with Crippen LogP contribution < -0.4 is 9.47 Å². The Morgan fingerprint density at radius 3 is 2.54 bits per heavy atom. The van der Waals surface area contributed by atoms with Gasteiger partial charge in [-0.15, -0.1) is 11.8 Å². The van der Waals surface area contributed by atoms with E-state index < -0.39 is 5.79 Å². The van der Waals surface area contributed by atoms with E-state index in [0.29, 0.717) is 0 Å². The van der Waals surface area contributed by atoms with Crippen LogP contribution in [0.15, 0.2) is 23.1 Å². The summed E-state index contributed by atoms with van der Waals surface area (Å²) in [7, 11) is 0. The molecule has 0 radical (unpaired) electrons. The second-order valence-corrected chi connectivity index (χ2v) is 4.30. The van der Waals surface area contributed by atoms with Crippen molar-refractivity contribution in [3.63, 3.8) is 0 Å². The average Bonchev–Trinajstić information content (AvgIpc) is 2.36. The Hall–Kier alpha value is -0.830.